The van der Waals surface area contributed by atoms with E-state index in [9.17, 15) is 0 Å². The van der Waals surface area contributed by atoms with Gasteiger partial charge in [0.15, 0.2) is 0 Å². The average molecular weight is 256 g/mol. The lowest BCUT2D eigenvalue weighted by atomic mass is 10.6. The summed E-state index contributed by atoms with van der Waals surface area (Å²) < 4.78 is 15.5. The van der Waals surface area contributed by atoms with Gasteiger partial charge in [0.25, 0.3) is 0 Å². The Kier molecular flexibility index (Phi) is 22.9. The monoisotopic (exact) mass is 256 g/mol. The van der Waals surface area contributed by atoms with E-state index in [1.807, 2.05) is 14.1 Å². The summed E-state index contributed by atoms with van der Waals surface area (Å²) in [6.07, 6.45) is 1.03. The predicted octanol–water partition coefficient (Wildman–Crippen LogP) is -0.664. The molecule has 0 amide bonds. The molecule has 0 fully saturated rings. The van der Waals surface area contributed by atoms with Gasteiger partial charge < -0.3 is 24.0 Å². The zero-order valence-corrected chi connectivity index (χ0v) is 14.2. The van der Waals surface area contributed by atoms with Crippen LogP contribution in [0, 0.1) is 0 Å². The van der Waals surface area contributed by atoms with Gasteiger partial charge in [0.05, 0.1) is 10.4 Å². The third-order valence-electron chi connectivity index (χ3n) is 1.49. The number of rotatable bonds is 5. The quantitative estimate of drug-likeness (QED) is 0.639. The van der Waals surface area contributed by atoms with Crippen molar-refractivity contribution < 1.29 is 13.3 Å². The van der Waals surface area contributed by atoms with Gasteiger partial charge in [0.1, 0.15) is 0 Å². The fourth-order valence-electron chi connectivity index (χ4n) is 0.862. The SMILES string of the molecule is CCC[Si](OC)(OC)OC.CNC.N[SiH3]. The van der Waals surface area contributed by atoms with Crippen molar-refractivity contribution in [2.75, 3.05) is 35.4 Å². The first kappa shape index (κ1) is 20.6. The summed E-state index contributed by atoms with van der Waals surface area (Å²) in [6.45, 7) is 2.08. The van der Waals surface area contributed by atoms with Crippen molar-refractivity contribution in [1.82, 2.24) is 5.32 Å². The second kappa shape index (κ2) is 16.7. The highest BCUT2D eigenvalue weighted by molar-refractivity contribution is 6.60. The lowest BCUT2D eigenvalue weighted by Gasteiger charge is -2.23. The molecule has 96 valence electrons. The molecule has 0 atom stereocenters. The first-order valence-corrected chi connectivity index (χ1v) is 8.06. The highest BCUT2D eigenvalue weighted by Gasteiger charge is 2.36. The molecule has 3 N–H and O–H groups in total. The number of nitrogens with two attached hydrogens (primary N) is 1. The molecular weight excluding hydrogens is 228 g/mol. The lowest BCUT2D eigenvalue weighted by molar-refractivity contribution is 0.123. The molecule has 0 aliphatic carbocycles. The minimum Gasteiger partial charge on any atom is -0.377 e. The van der Waals surface area contributed by atoms with E-state index in [2.05, 4.69) is 17.6 Å². The van der Waals surface area contributed by atoms with Crippen LogP contribution in [0.5, 0.6) is 0 Å². The van der Waals surface area contributed by atoms with Crippen LogP contribution in [0.15, 0.2) is 0 Å². The van der Waals surface area contributed by atoms with E-state index in [0.717, 1.165) is 22.9 Å². The smallest absolute Gasteiger partial charge is 0.377 e. The van der Waals surface area contributed by atoms with Gasteiger partial charge in [-0.2, -0.15) is 0 Å². The number of hydrogen-bond acceptors (Lipinski definition) is 5. The Labute approximate surface area is 98.5 Å². The molecule has 0 heterocycles. The van der Waals surface area contributed by atoms with E-state index in [1.54, 1.807) is 21.3 Å². The summed E-state index contributed by atoms with van der Waals surface area (Å²) in [5, 5.41) is 7.39. The largest absolute Gasteiger partial charge is 0.500 e. The molecule has 0 unspecified atom stereocenters. The maximum Gasteiger partial charge on any atom is 0.500 e. The van der Waals surface area contributed by atoms with E-state index in [4.69, 9.17) is 13.3 Å². The molecule has 0 saturated heterocycles. The Morgan fingerprint density at radius 3 is 1.40 bits per heavy atom. The van der Waals surface area contributed by atoms with Crippen molar-refractivity contribution in [3.05, 3.63) is 0 Å². The molecule has 5 nitrogen and oxygen atoms in total. The zero-order chi connectivity index (χ0) is 12.7. The molecule has 0 aromatic rings. The predicted molar refractivity (Wildman–Crippen MR) is 71.0 cm³/mol. The van der Waals surface area contributed by atoms with Gasteiger partial charge in [-0.15, -0.1) is 0 Å². The van der Waals surface area contributed by atoms with Crippen molar-refractivity contribution in [1.29, 1.82) is 0 Å². The first-order chi connectivity index (χ1) is 7.16. The van der Waals surface area contributed by atoms with Gasteiger partial charge in [-0.3, -0.25) is 0 Å². The molecule has 0 spiro atoms. The molecular formula is C8H28N2O3Si2. The molecule has 0 rings (SSSR count). The first-order valence-electron chi connectivity index (χ1n) is 4.98. The van der Waals surface area contributed by atoms with Gasteiger partial charge in [-0.05, 0) is 14.1 Å². The van der Waals surface area contributed by atoms with E-state index in [0.29, 0.717) is 0 Å². The average Bonchev–Trinajstić information content (AvgIpc) is 2.30. The van der Waals surface area contributed by atoms with Crippen LogP contribution in [0.3, 0.4) is 0 Å². The molecule has 0 aromatic heterocycles. The molecule has 7 heteroatoms. The Hall–Kier alpha value is 0.234. The van der Waals surface area contributed by atoms with Gasteiger partial charge >= 0.3 is 8.80 Å². The van der Waals surface area contributed by atoms with Crippen LogP contribution in [0.2, 0.25) is 6.04 Å². The molecule has 15 heavy (non-hydrogen) atoms. The van der Waals surface area contributed by atoms with Crippen molar-refractivity contribution >= 4 is 19.2 Å². The Bertz CT molecular complexity index is 97.6. The third kappa shape index (κ3) is 12.2. The number of hydrogen-bond donors (Lipinski definition) is 2. The topological polar surface area (TPSA) is 65.7 Å². The van der Waals surface area contributed by atoms with Crippen LogP contribution in [0.4, 0.5) is 0 Å². The fourth-order valence-corrected chi connectivity index (χ4v) is 2.59. The third-order valence-corrected chi connectivity index (χ3v) is 4.47. The minimum atomic E-state index is -2.22. The van der Waals surface area contributed by atoms with E-state index in [1.165, 1.54) is 0 Å². The van der Waals surface area contributed by atoms with Crippen LogP contribution < -0.4 is 10.7 Å². The second-order valence-electron chi connectivity index (χ2n) is 2.55. The standard InChI is InChI=1S/C6H16O3Si.C2H7N.H5NSi/c1-5-6-10(7-2,8-3)9-4;1-3-2;1-2/h5-6H2,1-4H3;3H,1-2H3;1H2,2H3. The minimum absolute atomic E-state index is 0.806. The van der Waals surface area contributed by atoms with Crippen molar-refractivity contribution in [2.24, 2.45) is 5.40 Å². The highest BCUT2D eigenvalue weighted by atomic mass is 28.4. The van der Waals surface area contributed by atoms with E-state index >= 15 is 0 Å². The van der Waals surface area contributed by atoms with Crippen molar-refractivity contribution in [3.8, 4) is 0 Å². The Morgan fingerprint density at radius 2 is 1.33 bits per heavy atom. The summed E-state index contributed by atoms with van der Waals surface area (Å²) >= 11 is 0. The van der Waals surface area contributed by atoms with Crippen LogP contribution in [-0.2, 0) is 13.3 Å². The van der Waals surface area contributed by atoms with Crippen LogP contribution in [0.25, 0.3) is 0 Å². The summed E-state index contributed by atoms with van der Waals surface area (Å²) in [4.78, 5) is 0. The molecule has 0 aliphatic rings. The van der Waals surface area contributed by atoms with Gasteiger partial charge in [0.2, 0.25) is 0 Å². The van der Waals surface area contributed by atoms with Gasteiger partial charge in [-0.1, -0.05) is 13.3 Å². The van der Waals surface area contributed by atoms with Gasteiger partial charge in [0, 0.05) is 27.4 Å². The number of nitrogens with one attached hydrogen (secondary N) is 1. The molecule has 0 aliphatic heterocycles. The fraction of sp³-hybridized carbons (Fsp3) is 1.00. The van der Waals surface area contributed by atoms with E-state index in [-0.39, 0.29) is 0 Å². The van der Waals surface area contributed by atoms with Crippen molar-refractivity contribution in [2.45, 2.75) is 19.4 Å². The summed E-state index contributed by atoms with van der Waals surface area (Å²) in [5.41, 5.74) is 0. The molecule has 0 saturated carbocycles. The highest BCUT2D eigenvalue weighted by Crippen LogP contribution is 2.13. The van der Waals surface area contributed by atoms with Crippen molar-refractivity contribution in [3.63, 3.8) is 0 Å². The van der Waals surface area contributed by atoms with E-state index < -0.39 is 8.80 Å². The maximum atomic E-state index is 5.17. The zero-order valence-electron chi connectivity index (χ0n) is 11.2. The summed E-state index contributed by atoms with van der Waals surface area (Å²) in [7, 11) is 7.24. The lowest BCUT2D eigenvalue weighted by Crippen LogP contribution is -2.42. The Balaban J connectivity index is -0.000000245. The Morgan fingerprint density at radius 1 is 1.07 bits per heavy atom. The molecule has 0 bridgehead atoms. The summed E-state index contributed by atoms with van der Waals surface area (Å²) in [5.74, 6) is 0. The second-order valence-corrected chi connectivity index (χ2v) is 5.64. The normalized spacial score (nSPS) is 9.80. The summed E-state index contributed by atoms with van der Waals surface area (Å²) in [6, 6.07) is 0.885. The van der Waals surface area contributed by atoms with Crippen LogP contribution in [-0.4, -0.2) is 54.6 Å². The van der Waals surface area contributed by atoms with Crippen LogP contribution >= 0.6 is 0 Å². The van der Waals surface area contributed by atoms with Gasteiger partial charge in [-0.25, -0.2) is 0 Å². The maximum absolute atomic E-state index is 5.17. The van der Waals surface area contributed by atoms with Crippen LogP contribution in [0.1, 0.15) is 13.3 Å². The molecule has 0 aromatic carbocycles. The molecule has 0 radical (unpaired) electrons.